The van der Waals surface area contributed by atoms with Crippen LogP contribution in [0.2, 0.25) is 0 Å². The van der Waals surface area contributed by atoms with Crippen molar-refractivity contribution < 1.29 is 14.3 Å². The van der Waals surface area contributed by atoms with E-state index < -0.39 is 12.0 Å². The summed E-state index contributed by atoms with van der Waals surface area (Å²) in [5.74, 6) is -0.681. The van der Waals surface area contributed by atoms with Gasteiger partial charge in [-0.3, -0.25) is 20.4 Å². The molecule has 0 saturated heterocycles. The second kappa shape index (κ2) is 8.96. The Bertz CT molecular complexity index is 732. The van der Waals surface area contributed by atoms with Crippen molar-refractivity contribution in [1.29, 1.82) is 0 Å². The number of nitrogens with one attached hydrogen (secondary N) is 2. The van der Waals surface area contributed by atoms with Crippen LogP contribution in [0.25, 0.3) is 0 Å². The summed E-state index contributed by atoms with van der Waals surface area (Å²) >= 11 is 1.53. The van der Waals surface area contributed by atoms with Gasteiger partial charge < -0.3 is 4.74 Å². The number of hydrazine groups is 1. The van der Waals surface area contributed by atoms with E-state index in [1.165, 1.54) is 54.6 Å². The van der Waals surface area contributed by atoms with Gasteiger partial charge in [0.1, 0.15) is 0 Å². The van der Waals surface area contributed by atoms with E-state index in [1.807, 2.05) is 36.4 Å². The number of aryl methyl sites for hydroxylation is 2. The van der Waals surface area contributed by atoms with Crippen LogP contribution in [0.3, 0.4) is 0 Å². The second-order valence-electron chi connectivity index (χ2n) is 6.44. The molecule has 6 heteroatoms. The first-order valence-corrected chi connectivity index (χ1v) is 9.80. The number of hydrogen-bond donors (Lipinski definition) is 2. The maximum absolute atomic E-state index is 12.4. The average molecular weight is 372 g/mol. The van der Waals surface area contributed by atoms with E-state index in [0.717, 1.165) is 18.4 Å². The van der Waals surface area contributed by atoms with Crippen molar-refractivity contribution in [3.63, 3.8) is 0 Å². The molecule has 1 aliphatic carbocycles. The fourth-order valence-electron chi connectivity index (χ4n) is 3.22. The molecule has 1 aromatic heterocycles. The molecule has 1 aromatic carbocycles. The molecule has 0 saturated carbocycles. The van der Waals surface area contributed by atoms with E-state index >= 15 is 0 Å². The SMILES string of the molecule is COC(C(=O)NNC(=O)c1cc2c(s1)CCCCCC2)c1ccccc1. The third kappa shape index (κ3) is 4.51. The van der Waals surface area contributed by atoms with E-state index in [4.69, 9.17) is 4.74 Å². The number of methoxy groups -OCH3 is 1. The Balaban J connectivity index is 1.61. The Hall–Kier alpha value is -2.18. The van der Waals surface area contributed by atoms with Crippen LogP contribution in [0.15, 0.2) is 36.4 Å². The molecule has 0 aliphatic heterocycles. The molecule has 1 aliphatic rings. The Kier molecular flexibility index (Phi) is 6.41. The maximum atomic E-state index is 12.4. The molecule has 0 radical (unpaired) electrons. The van der Waals surface area contributed by atoms with Gasteiger partial charge >= 0.3 is 0 Å². The van der Waals surface area contributed by atoms with Crippen LogP contribution in [0.5, 0.6) is 0 Å². The number of ether oxygens (including phenoxy) is 1. The number of carbonyl (C=O) groups is 2. The van der Waals surface area contributed by atoms with Crippen LogP contribution in [-0.4, -0.2) is 18.9 Å². The predicted octanol–water partition coefficient (Wildman–Crippen LogP) is 3.56. The number of carbonyl (C=O) groups excluding carboxylic acids is 2. The highest BCUT2D eigenvalue weighted by molar-refractivity contribution is 7.14. The number of amides is 2. The summed E-state index contributed by atoms with van der Waals surface area (Å²) in [5.41, 5.74) is 7.01. The number of rotatable bonds is 4. The van der Waals surface area contributed by atoms with Gasteiger partial charge in [-0.05, 0) is 42.9 Å². The van der Waals surface area contributed by atoms with Crippen molar-refractivity contribution in [3.05, 3.63) is 57.3 Å². The van der Waals surface area contributed by atoms with Crippen LogP contribution in [-0.2, 0) is 22.4 Å². The molecule has 0 bridgehead atoms. The van der Waals surface area contributed by atoms with Gasteiger partial charge in [-0.2, -0.15) is 0 Å². The highest BCUT2D eigenvalue weighted by Crippen LogP contribution is 2.28. The summed E-state index contributed by atoms with van der Waals surface area (Å²) in [7, 11) is 1.47. The lowest BCUT2D eigenvalue weighted by Crippen LogP contribution is -2.44. The van der Waals surface area contributed by atoms with Crippen molar-refractivity contribution in [3.8, 4) is 0 Å². The third-order valence-electron chi connectivity index (χ3n) is 4.60. The van der Waals surface area contributed by atoms with Crippen molar-refractivity contribution in [2.24, 2.45) is 0 Å². The molecule has 0 spiro atoms. The first-order chi connectivity index (χ1) is 12.7. The molecular weight excluding hydrogens is 348 g/mol. The molecule has 1 heterocycles. The zero-order chi connectivity index (χ0) is 18.4. The average Bonchev–Trinajstić information content (AvgIpc) is 3.03. The van der Waals surface area contributed by atoms with Crippen LogP contribution in [0.1, 0.15) is 57.5 Å². The Morgan fingerprint density at radius 1 is 1.04 bits per heavy atom. The molecule has 2 N–H and O–H groups in total. The Morgan fingerprint density at radius 3 is 2.50 bits per heavy atom. The Labute approximate surface area is 157 Å². The molecule has 3 rings (SSSR count). The summed E-state index contributed by atoms with van der Waals surface area (Å²) < 4.78 is 5.27. The zero-order valence-electron chi connectivity index (χ0n) is 14.9. The molecule has 5 nitrogen and oxygen atoms in total. The van der Waals surface area contributed by atoms with E-state index in [9.17, 15) is 9.59 Å². The standard InChI is InChI=1S/C20H24N2O3S/c1-25-18(14-9-6-4-7-10-14)20(24)22-21-19(23)17-13-15-11-5-2-3-8-12-16(15)26-17/h4,6-7,9-10,13,18H,2-3,5,8,11-12H2,1H3,(H,21,23)(H,22,24). The highest BCUT2D eigenvalue weighted by atomic mass is 32.1. The number of fused-ring (bicyclic) bond motifs is 1. The number of thiophene rings is 1. The van der Waals surface area contributed by atoms with Gasteiger partial charge in [0.15, 0.2) is 6.10 Å². The van der Waals surface area contributed by atoms with E-state index in [-0.39, 0.29) is 5.91 Å². The minimum Gasteiger partial charge on any atom is -0.367 e. The predicted molar refractivity (Wildman–Crippen MR) is 102 cm³/mol. The molecule has 2 amide bonds. The van der Waals surface area contributed by atoms with E-state index in [2.05, 4.69) is 10.9 Å². The molecule has 26 heavy (non-hydrogen) atoms. The van der Waals surface area contributed by atoms with Crippen LogP contribution < -0.4 is 10.9 Å². The minimum atomic E-state index is -0.764. The lowest BCUT2D eigenvalue weighted by molar-refractivity contribution is -0.132. The number of hydrogen-bond acceptors (Lipinski definition) is 4. The first-order valence-electron chi connectivity index (χ1n) is 8.98. The summed E-state index contributed by atoms with van der Waals surface area (Å²) in [4.78, 5) is 26.7. The van der Waals surface area contributed by atoms with Gasteiger partial charge in [-0.15, -0.1) is 11.3 Å². The smallest absolute Gasteiger partial charge is 0.279 e. The lowest BCUT2D eigenvalue weighted by Gasteiger charge is -2.15. The van der Waals surface area contributed by atoms with Crippen LogP contribution in [0.4, 0.5) is 0 Å². The minimum absolute atomic E-state index is 0.280. The highest BCUT2D eigenvalue weighted by Gasteiger charge is 2.21. The maximum Gasteiger partial charge on any atom is 0.279 e. The summed E-state index contributed by atoms with van der Waals surface area (Å²) in [6.07, 6.45) is 6.17. The molecule has 0 fully saturated rings. The second-order valence-corrected chi connectivity index (χ2v) is 7.58. The van der Waals surface area contributed by atoms with Crippen molar-refractivity contribution in [1.82, 2.24) is 10.9 Å². The monoisotopic (exact) mass is 372 g/mol. The third-order valence-corrected chi connectivity index (χ3v) is 5.83. The van der Waals surface area contributed by atoms with Crippen molar-refractivity contribution in [2.75, 3.05) is 7.11 Å². The van der Waals surface area contributed by atoms with Crippen LogP contribution >= 0.6 is 11.3 Å². The Morgan fingerprint density at radius 2 is 1.77 bits per heavy atom. The topological polar surface area (TPSA) is 67.4 Å². The quantitative estimate of drug-likeness (QED) is 0.807. The summed E-state index contributed by atoms with van der Waals surface area (Å²) in [6, 6.07) is 11.2. The number of benzene rings is 1. The molecule has 2 aromatic rings. The fraction of sp³-hybridized carbons (Fsp3) is 0.400. The van der Waals surface area contributed by atoms with Gasteiger partial charge in [0.25, 0.3) is 11.8 Å². The lowest BCUT2D eigenvalue weighted by atomic mass is 10.00. The first kappa shape index (κ1) is 18.6. The molecule has 1 unspecified atom stereocenters. The fourth-order valence-corrected chi connectivity index (χ4v) is 4.37. The van der Waals surface area contributed by atoms with Gasteiger partial charge in [0.2, 0.25) is 0 Å². The zero-order valence-corrected chi connectivity index (χ0v) is 15.7. The van der Waals surface area contributed by atoms with Gasteiger partial charge in [0.05, 0.1) is 4.88 Å². The largest absolute Gasteiger partial charge is 0.367 e. The van der Waals surface area contributed by atoms with Gasteiger partial charge in [-0.25, -0.2) is 0 Å². The van der Waals surface area contributed by atoms with E-state index in [1.54, 1.807) is 0 Å². The van der Waals surface area contributed by atoms with E-state index in [0.29, 0.717) is 4.88 Å². The molecular formula is C20H24N2O3S. The van der Waals surface area contributed by atoms with Crippen molar-refractivity contribution in [2.45, 2.75) is 44.6 Å². The van der Waals surface area contributed by atoms with Gasteiger partial charge in [-0.1, -0.05) is 43.2 Å². The van der Waals surface area contributed by atoms with Crippen LogP contribution in [0, 0.1) is 0 Å². The normalized spacial score (nSPS) is 15.3. The molecule has 138 valence electrons. The van der Waals surface area contributed by atoms with Gasteiger partial charge in [0, 0.05) is 12.0 Å². The van der Waals surface area contributed by atoms with Crippen molar-refractivity contribution >= 4 is 23.2 Å². The summed E-state index contributed by atoms with van der Waals surface area (Å²) in [6.45, 7) is 0. The molecule has 1 atom stereocenters. The summed E-state index contributed by atoms with van der Waals surface area (Å²) in [5, 5.41) is 0.